The number of ether oxygens (including phenoxy) is 2. The molecule has 0 radical (unpaired) electrons. The Bertz CT molecular complexity index is 731. The highest BCUT2D eigenvalue weighted by Crippen LogP contribution is 2.25. The molecule has 28 heavy (non-hydrogen) atoms. The van der Waals surface area contributed by atoms with E-state index in [0.717, 1.165) is 32.7 Å². The Morgan fingerprint density at radius 1 is 0.929 bits per heavy atom. The molecule has 0 unspecified atom stereocenters. The van der Waals surface area contributed by atoms with Gasteiger partial charge in [-0.15, -0.1) is 0 Å². The van der Waals surface area contributed by atoms with Crippen LogP contribution in [0.3, 0.4) is 0 Å². The van der Waals surface area contributed by atoms with E-state index in [1.54, 1.807) is 12.0 Å². The van der Waals surface area contributed by atoms with Gasteiger partial charge in [-0.2, -0.15) is 0 Å². The van der Waals surface area contributed by atoms with E-state index in [9.17, 15) is 4.79 Å². The van der Waals surface area contributed by atoms with Crippen molar-refractivity contribution in [2.45, 2.75) is 6.54 Å². The normalized spacial score (nSPS) is 19.0. The summed E-state index contributed by atoms with van der Waals surface area (Å²) in [5.74, 6) is 1.49. The van der Waals surface area contributed by atoms with Crippen molar-refractivity contribution in [1.29, 1.82) is 0 Å². The standard InChI is InChI=1S/C22H29N3O3/c1-27-20-9-5-6-10-21(20)28-16-11-23-22(26)18-25-14-12-24(13-15-25)17-19-7-3-2-4-8-19/h2-10H,11-18H2,1H3,(H,23,26)/p+2. The highest BCUT2D eigenvalue weighted by atomic mass is 16.5. The molecule has 2 aromatic rings. The van der Waals surface area contributed by atoms with Gasteiger partial charge in [0, 0.05) is 5.56 Å². The summed E-state index contributed by atoms with van der Waals surface area (Å²) in [5, 5.41) is 2.96. The highest BCUT2D eigenvalue weighted by molar-refractivity contribution is 5.76. The Morgan fingerprint density at radius 3 is 2.29 bits per heavy atom. The van der Waals surface area contributed by atoms with Crippen LogP contribution < -0.4 is 24.6 Å². The maximum atomic E-state index is 12.2. The largest absolute Gasteiger partial charge is 0.493 e. The van der Waals surface area contributed by atoms with Crippen LogP contribution in [0, 0.1) is 0 Å². The molecule has 3 N–H and O–H groups in total. The van der Waals surface area contributed by atoms with Gasteiger partial charge < -0.3 is 24.6 Å². The van der Waals surface area contributed by atoms with Crippen LogP contribution in [-0.4, -0.2) is 58.9 Å². The van der Waals surface area contributed by atoms with Crippen LogP contribution in [0.4, 0.5) is 0 Å². The molecule has 0 aliphatic carbocycles. The minimum atomic E-state index is 0.0881. The lowest BCUT2D eigenvalue weighted by Gasteiger charge is -2.29. The Kier molecular flexibility index (Phi) is 7.70. The number of nitrogens with one attached hydrogen (secondary N) is 3. The Hall–Kier alpha value is -2.57. The third-order valence-corrected chi connectivity index (χ3v) is 5.12. The van der Waals surface area contributed by atoms with Crippen LogP contribution >= 0.6 is 0 Å². The smallest absolute Gasteiger partial charge is 0.275 e. The van der Waals surface area contributed by atoms with E-state index in [0.29, 0.717) is 31.2 Å². The highest BCUT2D eigenvalue weighted by Gasteiger charge is 2.24. The third kappa shape index (κ3) is 6.25. The van der Waals surface area contributed by atoms with Crippen LogP contribution in [-0.2, 0) is 11.3 Å². The Balaban J connectivity index is 1.30. The van der Waals surface area contributed by atoms with Gasteiger partial charge in [-0.25, -0.2) is 0 Å². The zero-order valence-electron chi connectivity index (χ0n) is 16.6. The maximum Gasteiger partial charge on any atom is 0.275 e. The summed E-state index contributed by atoms with van der Waals surface area (Å²) in [5.41, 5.74) is 1.38. The number of para-hydroxylation sites is 2. The minimum absolute atomic E-state index is 0.0881. The van der Waals surface area contributed by atoms with Crippen LogP contribution in [0.2, 0.25) is 0 Å². The van der Waals surface area contributed by atoms with Crippen molar-refractivity contribution < 1.29 is 24.1 Å². The molecule has 1 aliphatic rings. The van der Waals surface area contributed by atoms with Crippen molar-refractivity contribution >= 4 is 5.91 Å². The summed E-state index contributed by atoms with van der Waals surface area (Å²) in [7, 11) is 1.62. The molecule has 0 saturated carbocycles. The van der Waals surface area contributed by atoms with Gasteiger partial charge in [0.05, 0.1) is 13.7 Å². The fraction of sp³-hybridized carbons (Fsp3) is 0.409. The third-order valence-electron chi connectivity index (χ3n) is 5.12. The molecule has 1 amide bonds. The maximum absolute atomic E-state index is 12.2. The van der Waals surface area contributed by atoms with Crippen molar-refractivity contribution in [2.24, 2.45) is 0 Å². The van der Waals surface area contributed by atoms with E-state index in [2.05, 4.69) is 35.6 Å². The summed E-state index contributed by atoms with van der Waals surface area (Å²) in [4.78, 5) is 15.2. The molecule has 0 bridgehead atoms. The van der Waals surface area contributed by atoms with Crippen LogP contribution in [0.5, 0.6) is 11.5 Å². The molecule has 1 heterocycles. The predicted molar refractivity (Wildman–Crippen MR) is 108 cm³/mol. The van der Waals surface area contributed by atoms with Crippen molar-refractivity contribution in [1.82, 2.24) is 5.32 Å². The van der Waals surface area contributed by atoms with Gasteiger partial charge in [0.15, 0.2) is 18.0 Å². The Labute approximate surface area is 167 Å². The average Bonchev–Trinajstić information content (AvgIpc) is 2.74. The molecule has 2 aromatic carbocycles. The molecule has 150 valence electrons. The van der Waals surface area contributed by atoms with Crippen molar-refractivity contribution in [3.63, 3.8) is 0 Å². The average molecular weight is 386 g/mol. The quantitative estimate of drug-likeness (QED) is 0.494. The molecule has 1 aliphatic heterocycles. The van der Waals surface area contributed by atoms with Crippen molar-refractivity contribution in [3.8, 4) is 11.5 Å². The molecule has 0 atom stereocenters. The molecule has 1 saturated heterocycles. The molecular formula is C22H31N3O3+2. The molecule has 3 rings (SSSR count). The van der Waals surface area contributed by atoms with Gasteiger partial charge in [0.25, 0.3) is 5.91 Å². The van der Waals surface area contributed by atoms with Crippen LogP contribution in [0.15, 0.2) is 54.6 Å². The van der Waals surface area contributed by atoms with Gasteiger partial charge >= 0.3 is 0 Å². The van der Waals surface area contributed by atoms with Gasteiger partial charge in [0.1, 0.15) is 39.3 Å². The topological polar surface area (TPSA) is 56.4 Å². The fourth-order valence-corrected chi connectivity index (χ4v) is 3.57. The van der Waals surface area contributed by atoms with E-state index in [1.165, 1.54) is 10.5 Å². The van der Waals surface area contributed by atoms with Gasteiger partial charge in [-0.05, 0) is 12.1 Å². The number of methoxy groups -OCH3 is 1. The fourth-order valence-electron chi connectivity index (χ4n) is 3.57. The molecule has 0 spiro atoms. The minimum Gasteiger partial charge on any atom is -0.493 e. The predicted octanol–water partition coefficient (Wildman–Crippen LogP) is -0.826. The number of hydrogen-bond acceptors (Lipinski definition) is 3. The van der Waals surface area contributed by atoms with E-state index in [1.807, 2.05) is 24.3 Å². The first-order chi connectivity index (χ1) is 13.7. The number of carbonyl (C=O) groups excluding carboxylic acids is 1. The number of benzene rings is 2. The molecule has 1 fully saturated rings. The second kappa shape index (κ2) is 10.7. The number of amides is 1. The molecular weight excluding hydrogens is 354 g/mol. The Morgan fingerprint density at radius 2 is 1.57 bits per heavy atom. The zero-order valence-corrected chi connectivity index (χ0v) is 16.6. The summed E-state index contributed by atoms with van der Waals surface area (Å²) in [6, 6.07) is 18.1. The van der Waals surface area contributed by atoms with E-state index < -0.39 is 0 Å². The number of hydrogen-bond donors (Lipinski definition) is 3. The van der Waals surface area contributed by atoms with Gasteiger partial charge in [-0.3, -0.25) is 4.79 Å². The van der Waals surface area contributed by atoms with Gasteiger partial charge in [-0.1, -0.05) is 42.5 Å². The summed E-state index contributed by atoms with van der Waals surface area (Å²) in [6.45, 7) is 6.81. The summed E-state index contributed by atoms with van der Waals surface area (Å²) in [6.07, 6.45) is 0. The molecule has 6 nitrogen and oxygen atoms in total. The first-order valence-electron chi connectivity index (χ1n) is 9.98. The molecule has 6 heteroatoms. The summed E-state index contributed by atoms with van der Waals surface area (Å²) >= 11 is 0. The SMILES string of the molecule is COc1ccccc1OCCNC(=O)C[NH+]1CC[NH+](Cc2ccccc2)CC1. The second-order valence-corrected chi connectivity index (χ2v) is 7.19. The monoisotopic (exact) mass is 385 g/mol. The number of carbonyl (C=O) groups is 1. The van der Waals surface area contributed by atoms with E-state index >= 15 is 0 Å². The lowest BCUT2D eigenvalue weighted by molar-refractivity contribution is -1.02. The molecule has 0 aromatic heterocycles. The van der Waals surface area contributed by atoms with Crippen LogP contribution in [0.1, 0.15) is 5.56 Å². The van der Waals surface area contributed by atoms with Crippen LogP contribution in [0.25, 0.3) is 0 Å². The second-order valence-electron chi connectivity index (χ2n) is 7.19. The zero-order chi connectivity index (χ0) is 19.6. The van der Waals surface area contributed by atoms with E-state index in [4.69, 9.17) is 9.47 Å². The number of quaternary nitrogens is 2. The van der Waals surface area contributed by atoms with Crippen molar-refractivity contribution in [3.05, 3.63) is 60.2 Å². The van der Waals surface area contributed by atoms with Crippen molar-refractivity contribution in [2.75, 3.05) is 53.0 Å². The lowest BCUT2D eigenvalue weighted by Crippen LogP contribution is -3.28. The first kappa shape index (κ1) is 20.2. The van der Waals surface area contributed by atoms with E-state index in [-0.39, 0.29) is 5.91 Å². The number of rotatable bonds is 9. The summed E-state index contributed by atoms with van der Waals surface area (Å²) < 4.78 is 10.9. The first-order valence-corrected chi connectivity index (χ1v) is 9.98. The lowest BCUT2D eigenvalue weighted by atomic mass is 10.2. The number of piperazine rings is 1. The van der Waals surface area contributed by atoms with Gasteiger partial charge in [0.2, 0.25) is 0 Å².